The molecule has 3 nitrogen and oxygen atoms in total. The lowest BCUT2D eigenvalue weighted by Gasteiger charge is -2.07. The molecule has 0 amide bonds. The minimum absolute atomic E-state index is 0.0409. The van der Waals surface area contributed by atoms with Crippen LogP contribution >= 0.6 is 0 Å². The number of carboxylic acid groups (broad SMARTS) is 1. The highest BCUT2D eigenvalue weighted by atomic mass is 16.5. The molecule has 0 spiro atoms. The monoisotopic (exact) mass is 242 g/mol. The van der Waals surface area contributed by atoms with Gasteiger partial charge in [-0.2, -0.15) is 0 Å². The summed E-state index contributed by atoms with van der Waals surface area (Å²) in [5.74, 6) is -0.0164. The number of hydrogen-bond donors (Lipinski definition) is 1. The van der Waals surface area contributed by atoms with Gasteiger partial charge in [-0.25, -0.2) is 0 Å². The molecule has 0 saturated heterocycles. The molecule has 0 saturated carbocycles. The Morgan fingerprint density at radius 1 is 1.00 bits per heavy atom. The molecule has 0 bridgehead atoms. The molecule has 2 aromatic carbocycles. The molecule has 2 rings (SSSR count). The molecule has 0 heterocycles. The Kier molecular flexibility index (Phi) is 3.97. The van der Waals surface area contributed by atoms with Crippen molar-refractivity contribution in [1.29, 1.82) is 0 Å². The standard InChI is InChI=1S/C15H14O3/c16-15(17)10-12-5-4-6-13(9-12)11-18-14-7-2-1-3-8-14/h1-9H,10-11H2,(H,16,17). The van der Waals surface area contributed by atoms with Gasteiger partial charge in [0.05, 0.1) is 6.42 Å². The molecule has 0 atom stereocenters. The van der Waals surface area contributed by atoms with Crippen molar-refractivity contribution < 1.29 is 14.6 Å². The number of para-hydroxylation sites is 1. The van der Waals surface area contributed by atoms with Crippen molar-refractivity contribution in [3.8, 4) is 5.75 Å². The first-order chi connectivity index (χ1) is 8.74. The Labute approximate surface area is 106 Å². The Morgan fingerprint density at radius 3 is 2.44 bits per heavy atom. The van der Waals surface area contributed by atoms with Gasteiger partial charge in [0.1, 0.15) is 12.4 Å². The average Bonchev–Trinajstić information content (AvgIpc) is 2.37. The van der Waals surface area contributed by atoms with Crippen molar-refractivity contribution >= 4 is 5.97 Å². The molecule has 0 aliphatic carbocycles. The third-order valence-corrected chi connectivity index (χ3v) is 2.50. The summed E-state index contributed by atoms with van der Waals surface area (Å²) < 4.78 is 5.60. The fourth-order valence-corrected chi connectivity index (χ4v) is 1.69. The fraction of sp³-hybridized carbons (Fsp3) is 0.133. The highest BCUT2D eigenvalue weighted by molar-refractivity contribution is 5.70. The van der Waals surface area contributed by atoms with Gasteiger partial charge in [-0.15, -0.1) is 0 Å². The SMILES string of the molecule is O=C(O)Cc1cccc(COc2ccccc2)c1. The predicted octanol–water partition coefficient (Wildman–Crippen LogP) is 2.89. The number of carboxylic acids is 1. The summed E-state index contributed by atoms with van der Waals surface area (Å²) in [6.07, 6.45) is 0.0409. The Hall–Kier alpha value is -2.29. The zero-order valence-corrected chi connectivity index (χ0v) is 9.87. The van der Waals surface area contributed by atoms with Crippen molar-refractivity contribution in [2.45, 2.75) is 13.0 Å². The molecule has 0 aromatic heterocycles. The van der Waals surface area contributed by atoms with Gasteiger partial charge in [0.25, 0.3) is 0 Å². The number of carbonyl (C=O) groups is 1. The van der Waals surface area contributed by atoms with Gasteiger partial charge in [-0.3, -0.25) is 4.79 Å². The number of benzene rings is 2. The largest absolute Gasteiger partial charge is 0.489 e. The van der Waals surface area contributed by atoms with Crippen molar-refractivity contribution in [2.24, 2.45) is 0 Å². The molecule has 1 N–H and O–H groups in total. The number of aliphatic carboxylic acids is 1. The van der Waals surface area contributed by atoms with Crippen LogP contribution in [0.3, 0.4) is 0 Å². The summed E-state index contributed by atoms with van der Waals surface area (Å²) in [5, 5.41) is 8.73. The first-order valence-corrected chi connectivity index (χ1v) is 5.71. The molecule has 0 unspecified atom stereocenters. The van der Waals surface area contributed by atoms with Gasteiger partial charge in [0.15, 0.2) is 0 Å². The molecular formula is C15H14O3. The van der Waals surface area contributed by atoms with Gasteiger partial charge in [-0.05, 0) is 23.3 Å². The smallest absolute Gasteiger partial charge is 0.307 e. The second-order valence-electron chi connectivity index (χ2n) is 3.99. The van der Waals surface area contributed by atoms with Crippen LogP contribution in [0, 0.1) is 0 Å². The van der Waals surface area contributed by atoms with E-state index in [1.165, 1.54) is 0 Å². The molecule has 2 aromatic rings. The zero-order valence-electron chi connectivity index (χ0n) is 9.87. The van der Waals surface area contributed by atoms with E-state index >= 15 is 0 Å². The van der Waals surface area contributed by atoms with E-state index in [1.807, 2.05) is 48.5 Å². The highest BCUT2D eigenvalue weighted by Crippen LogP contribution is 2.13. The number of rotatable bonds is 5. The topological polar surface area (TPSA) is 46.5 Å². The number of hydrogen-bond acceptors (Lipinski definition) is 2. The summed E-state index contributed by atoms with van der Waals surface area (Å²) >= 11 is 0. The normalized spacial score (nSPS) is 10.0. The molecule has 18 heavy (non-hydrogen) atoms. The van der Waals surface area contributed by atoms with Crippen LogP contribution < -0.4 is 4.74 Å². The molecule has 3 heteroatoms. The molecule has 0 aliphatic rings. The first kappa shape index (κ1) is 12.2. The Balaban J connectivity index is 1.99. The van der Waals surface area contributed by atoms with E-state index in [0.29, 0.717) is 6.61 Å². The van der Waals surface area contributed by atoms with E-state index in [1.54, 1.807) is 6.07 Å². The van der Waals surface area contributed by atoms with E-state index < -0.39 is 5.97 Å². The second kappa shape index (κ2) is 5.87. The average molecular weight is 242 g/mol. The molecular weight excluding hydrogens is 228 g/mol. The lowest BCUT2D eigenvalue weighted by molar-refractivity contribution is -0.136. The minimum Gasteiger partial charge on any atom is -0.489 e. The van der Waals surface area contributed by atoms with Crippen LogP contribution in [0.1, 0.15) is 11.1 Å². The maximum absolute atomic E-state index is 10.6. The van der Waals surface area contributed by atoms with E-state index in [-0.39, 0.29) is 6.42 Å². The quantitative estimate of drug-likeness (QED) is 0.876. The fourth-order valence-electron chi connectivity index (χ4n) is 1.69. The van der Waals surface area contributed by atoms with Gasteiger partial charge < -0.3 is 9.84 Å². The van der Waals surface area contributed by atoms with Gasteiger partial charge >= 0.3 is 5.97 Å². The molecule has 0 radical (unpaired) electrons. The zero-order chi connectivity index (χ0) is 12.8. The third kappa shape index (κ3) is 3.63. The van der Waals surface area contributed by atoms with Crippen molar-refractivity contribution in [2.75, 3.05) is 0 Å². The van der Waals surface area contributed by atoms with E-state index in [9.17, 15) is 4.79 Å². The maximum atomic E-state index is 10.6. The van der Waals surface area contributed by atoms with Crippen LogP contribution in [0.2, 0.25) is 0 Å². The lowest BCUT2D eigenvalue weighted by Crippen LogP contribution is -2.01. The molecule has 0 aliphatic heterocycles. The van der Waals surface area contributed by atoms with E-state index in [0.717, 1.165) is 16.9 Å². The van der Waals surface area contributed by atoms with Crippen molar-refractivity contribution in [3.63, 3.8) is 0 Å². The van der Waals surface area contributed by atoms with Crippen molar-refractivity contribution in [3.05, 3.63) is 65.7 Å². The molecule has 92 valence electrons. The van der Waals surface area contributed by atoms with E-state index in [4.69, 9.17) is 9.84 Å². The highest BCUT2D eigenvalue weighted by Gasteiger charge is 2.02. The third-order valence-electron chi connectivity index (χ3n) is 2.50. The van der Waals surface area contributed by atoms with Gasteiger partial charge in [0.2, 0.25) is 0 Å². The van der Waals surface area contributed by atoms with Crippen LogP contribution in [0.15, 0.2) is 54.6 Å². The summed E-state index contributed by atoms with van der Waals surface area (Å²) in [5.41, 5.74) is 1.76. The first-order valence-electron chi connectivity index (χ1n) is 5.71. The van der Waals surface area contributed by atoms with Crippen molar-refractivity contribution in [1.82, 2.24) is 0 Å². The van der Waals surface area contributed by atoms with Crippen LogP contribution in [-0.4, -0.2) is 11.1 Å². The summed E-state index contributed by atoms with van der Waals surface area (Å²) in [7, 11) is 0. The predicted molar refractivity (Wildman–Crippen MR) is 68.6 cm³/mol. The van der Waals surface area contributed by atoms with Crippen LogP contribution in [-0.2, 0) is 17.8 Å². The number of ether oxygens (including phenoxy) is 1. The Morgan fingerprint density at radius 2 is 1.72 bits per heavy atom. The summed E-state index contributed by atoms with van der Waals surface area (Å²) in [4.78, 5) is 10.6. The summed E-state index contributed by atoms with van der Waals surface area (Å²) in [6, 6.07) is 17.0. The van der Waals surface area contributed by atoms with Gasteiger partial charge in [-0.1, -0.05) is 42.5 Å². The van der Waals surface area contributed by atoms with Crippen LogP contribution in [0.4, 0.5) is 0 Å². The van der Waals surface area contributed by atoms with Crippen LogP contribution in [0.5, 0.6) is 5.75 Å². The molecule has 0 fully saturated rings. The van der Waals surface area contributed by atoms with E-state index in [2.05, 4.69) is 0 Å². The Bertz CT molecular complexity index is 520. The minimum atomic E-state index is -0.823. The lowest BCUT2D eigenvalue weighted by atomic mass is 10.1. The maximum Gasteiger partial charge on any atom is 0.307 e. The summed E-state index contributed by atoms with van der Waals surface area (Å²) in [6.45, 7) is 0.442. The second-order valence-corrected chi connectivity index (χ2v) is 3.99. The van der Waals surface area contributed by atoms with Crippen LogP contribution in [0.25, 0.3) is 0 Å². The van der Waals surface area contributed by atoms with Gasteiger partial charge in [0, 0.05) is 0 Å².